The smallest absolute Gasteiger partial charge is 0.545 e. The van der Waals surface area contributed by atoms with Gasteiger partial charge in [-0.2, -0.15) is 0 Å². The Labute approximate surface area is 227 Å². The molecule has 1 unspecified atom stereocenters. The number of hydrogen-bond donors (Lipinski definition) is 1. The molecule has 35 heavy (non-hydrogen) atoms. The SMILES string of the molecule is Cc1ccccc1-c1ccc(Cn2cncc2CNC2CCOc3c(C(=O)[O-])cccc32)cc1.[Na+]. The zero-order valence-corrected chi connectivity index (χ0v) is 22.0. The van der Waals surface area contributed by atoms with Crippen molar-refractivity contribution < 1.29 is 44.2 Å². The topological polar surface area (TPSA) is 79.2 Å². The van der Waals surface area contributed by atoms with Crippen molar-refractivity contribution in [3.8, 4) is 16.9 Å². The maximum absolute atomic E-state index is 11.4. The van der Waals surface area contributed by atoms with Crippen LogP contribution in [0.1, 0.15) is 45.2 Å². The van der Waals surface area contributed by atoms with Gasteiger partial charge >= 0.3 is 29.6 Å². The van der Waals surface area contributed by atoms with Gasteiger partial charge < -0.3 is 24.5 Å². The predicted molar refractivity (Wildman–Crippen MR) is 128 cm³/mol. The molecule has 0 radical (unpaired) electrons. The number of nitrogens with zero attached hydrogens (tertiary/aromatic N) is 2. The van der Waals surface area contributed by atoms with Gasteiger partial charge in [-0.15, -0.1) is 0 Å². The minimum absolute atomic E-state index is 0. The molecule has 4 aromatic rings. The first-order chi connectivity index (χ1) is 16.6. The Hall–Kier alpha value is -2.90. The Morgan fingerprint density at radius 3 is 2.69 bits per heavy atom. The van der Waals surface area contributed by atoms with E-state index in [9.17, 15) is 9.90 Å². The van der Waals surface area contributed by atoms with Crippen LogP contribution in [0.15, 0.2) is 79.3 Å². The number of para-hydroxylation sites is 1. The molecule has 0 fully saturated rings. The van der Waals surface area contributed by atoms with Crippen molar-refractivity contribution in [1.29, 1.82) is 0 Å². The van der Waals surface area contributed by atoms with Gasteiger partial charge in [0.2, 0.25) is 0 Å². The largest absolute Gasteiger partial charge is 1.00 e. The third kappa shape index (κ3) is 5.52. The van der Waals surface area contributed by atoms with E-state index in [2.05, 4.69) is 70.3 Å². The Kier molecular flexibility index (Phi) is 8.08. The molecule has 1 N–H and O–H groups in total. The number of aryl methyl sites for hydroxylation is 1. The standard InChI is InChI=1S/C28H27N3O3.Na/c1-19-5-2-3-6-23(19)21-11-9-20(10-12-21)17-31-18-29-15-22(31)16-30-26-13-14-34-27-24(26)7-4-8-25(27)28(32)33;/h2-12,15,18,26,30H,13-14,16-17H2,1H3,(H,32,33);/q;+1/p-1. The second kappa shape index (κ2) is 11.2. The van der Waals surface area contributed by atoms with Crippen molar-refractivity contribution >= 4 is 5.97 Å². The second-order valence-electron chi connectivity index (χ2n) is 8.61. The summed E-state index contributed by atoms with van der Waals surface area (Å²) in [6, 6.07) is 22.2. The monoisotopic (exact) mass is 475 g/mol. The predicted octanol–water partition coefficient (Wildman–Crippen LogP) is 0.888. The number of carboxylic acids is 1. The number of fused-ring (bicyclic) bond motifs is 1. The average molecular weight is 476 g/mol. The van der Waals surface area contributed by atoms with E-state index >= 15 is 0 Å². The van der Waals surface area contributed by atoms with Crippen molar-refractivity contribution in [2.24, 2.45) is 0 Å². The molecule has 5 rings (SSSR count). The molecule has 0 saturated heterocycles. The molecule has 1 aromatic heterocycles. The van der Waals surface area contributed by atoms with Crippen LogP contribution >= 0.6 is 0 Å². The van der Waals surface area contributed by atoms with Gasteiger partial charge in [0.25, 0.3) is 0 Å². The number of carboxylic acid groups (broad SMARTS) is 1. The Balaban J connectivity index is 0.00000289. The maximum Gasteiger partial charge on any atom is 1.00 e. The van der Waals surface area contributed by atoms with Crippen LogP contribution in [0.5, 0.6) is 5.75 Å². The van der Waals surface area contributed by atoms with Crippen LogP contribution in [-0.4, -0.2) is 22.1 Å². The molecule has 0 spiro atoms. The first-order valence-corrected chi connectivity index (χ1v) is 11.4. The molecule has 0 aliphatic carbocycles. The number of ether oxygens (including phenoxy) is 1. The van der Waals surface area contributed by atoms with Crippen LogP contribution in [-0.2, 0) is 13.1 Å². The van der Waals surface area contributed by atoms with Crippen LogP contribution in [0, 0.1) is 6.92 Å². The number of benzene rings is 3. The molecule has 3 aromatic carbocycles. The van der Waals surface area contributed by atoms with Crippen molar-refractivity contribution in [3.05, 3.63) is 107 Å². The minimum atomic E-state index is -1.22. The molecule has 2 heterocycles. The fourth-order valence-corrected chi connectivity index (χ4v) is 4.55. The molecule has 6 nitrogen and oxygen atoms in total. The number of hydrogen-bond acceptors (Lipinski definition) is 5. The summed E-state index contributed by atoms with van der Waals surface area (Å²) >= 11 is 0. The van der Waals surface area contributed by atoms with Crippen molar-refractivity contribution in [3.63, 3.8) is 0 Å². The molecule has 1 atom stereocenters. The van der Waals surface area contributed by atoms with Crippen molar-refractivity contribution in [2.75, 3.05) is 6.61 Å². The molecule has 1 aliphatic heterocycles. The maximum atomic E-state index is 11.4. The van der Waals surface area contributed by atoms with Gasteiger partial charge in [-0.05, 0) is 35.2 Å². The normalized spacial score (nSPS) is 14.5. The minimum Gasteiger partial charge on any atom is -0.545 e. The number of carbonyl (C=O) groups excluding carboxylic acids is 1. The molecule has 7 heteroatoms. The van der Waals surface area contributed by atoms with E-state index in [0.29, 0.717) is 18.9 Å². The van der Waals surface area contributed by atoms with E-state index in [4.69, 9.17) is 4.74 Å². The third-order valence-electron chi connectivity index (χ3n) is 6.38. The quantitative estimate of drug-likeness (QED) is 0.402. The number of carbonyl (C=O) groups is 1. The summed E-state index contributed by atoms with van der Waals surface area (Å²) in [4.78, 5) is 15.8. The Morgan fingerprint density at radius 1 is 1.11 bits per heavy atom. The van der Waals surface area contributed by atoms with Crippen molar-refractivity contribution in [1.82, 2.24) is 14.9 Å². The fraction of sp³-hybridized carbons (Fsp3) is 0.214. The van der Waals surface area contributed by atoms with Gasteiger partial charge in [-0.1, -0.05) is 60.7 Å². The van der Waals surface area contributed by atoms with E-state index in [0.717, 1.165) is 24.2 Å². The van der Waals surface area contributed by atoms with E-state index < -0.39 is 5.97 Å². The summed E-state index contributed by atoms with van der Waals surface area (Å²) in [5.41, 5.74) is 6.94. The van der Waals surface area contributed by atoms with Gasteiger partial charge in [0.1, 0.15) is 5.75 Å². The van der Waals surface area contributed by atoms with Crippen LogP contribution in [0.3, 0.4) is 0 Å². The number of nitrogens with one attached hydrogen (secondary N) is 1. The third-order valence-corrected chi connectivity index (χ3v) is 6.38. The van der Waals surface area contributed by atoms with Crippen LogP contribution < -0.4 is 44.7 Å². The molecule has 1 aliphatic rings. The number of aromatic nitrogens is 2. The van der Waals surface area contributed by atoms with E-state index in [1.807, 2.05) is 18.6 Å². The first-order valence-electron chi connectivity index (χ1n) is 11.4. The van der Waals surface area contributed by atoms with Gasteiger partial charge in [-0.3, -0.25) is 0 Å². The number of aromatic carboxylic acids is 1. The van der Waals surface area contributed by atoms with Gasteiger partial charge in [0.15, 0.2) is 0 Å². The summed E-state index contributed by atoms with van der Waals surface area (Å²) in [5.74, 6) is -0.808. The summed E-state index contributed by atoms with van der Waals surface area (Å²) in [5, 5.41) is 15.0. The summed E-state index contributed by atoms with van der Waals surface area (Å²) < 4.78 is 7.79. The van der Waals surface area contributed by atoms with Gasteiger partial charge in [0.05, 0.1) is 24.6 Å². The van der Waals surface area contributed by atoms with Crippen LogP contribution in [0.4, 0.5) is 0 Å². The van der Waals surface area contributed by atoms with E-state index in [-0.39, 0.29) is 41.2 Å². The summed E-state index contributed by atoms with van der Waals surface area (Å²) in [6.07, 6.45) is 4.48. The zero-order chi connectivity index (χ0) is 23.5. The zero-order valence-electron chi connectivity index (χ0n) is 20.0. The molecule has 0 bridgehead atoms. The number of rotatable bonds is 7. The van der Waals surface area contributed by atoms with E-state index in [1.54, 1.807) is 6.07 Å². The Morgan fingerprint density at radius 2 is 1.91 bits per heavy atom. The molecule has 0 saturated carbocycles. The van der Waals surface area contributed by atoms with Gasteiger partial charge in [0, 0.05) is 42.9 Å². The average Bonchev–Trinajstić information content (AvgIpc) is 3.30. The molecular formula is C28H26N3NaO3. The fourth-order valence-electron chi connectivity index (χ4n) is 4.55. The van der Waals surface area contributed by atoms with Gasteiger partial charge in [-0.25, -0.2) is 4.98 Å². The second-order valence-corrected chi connectivity index (χ2v) is 8.61. The first kappa shape index (κ1) is 25.2. The molecular weight excluding hydrogens is 449 g/mol. The Bertz CT molecular complexity index is 1320. The van der Waals surface area contributed by atoms with E-state index in [1.165, 1.54) is 28.3 Å². The molecule has 172 valence electrons. The summed E-state index contributed by atoms with van der Waals surface area (Å²) in [6.45, 7) is 3.93. The van der Waals surface area contributed by atoms with Crippen LogP contribution in [0.2, 0.25) is 0 Å². The van der Waals surface area contributed by atoms with Crippen molar-refractivity contribution in [2.45, 2.75) is 32.5 Å². The summed E-state index contributed by atoms with van der Waals surface area (Å²) in [7, 11) is 0. The number of imidazole rings is 1. The molecule has 0 amide bonds. The van der Waals surface area contributed by atoms with Crippen LogP contribution in [0.25, 0.3) is 11.1 Å².